The van der Waals surface area contributed by atoms with Gasteiger partial charge >= 0.3 is 0 Å². The highest BCUT2D eigenvalue weighted by molar-refractivity contribution is 9.10. The Morgan fingerprint density at radius 3 is 2.86 bits per heavy atom. The maximum atomic E-state index is 5.81. The van der Waals surface area contributed by atoms with Crippen LogP contribution < -0.4 is 4.74 Å². The molecule has 1 fully saturated rings. The molecule has 1 atom stereocenters. The van der Waals surface area contributed by atoms with Gasteiger partial charge in [0.25, 0.3) is 0 Å². The van der Waals surface area contributed by atoms with Gasteiger partial charge < -0.3 is 4.74 Å². The number of rotatable bonds is 3. The average molecular weight is 256 g/mol. The monoisotopic (exact) mass is 255 g/mol. The van der Waals surface area contributed by atoms with Crippen LogP contribution in [0.4, 0.5) is 0 Å². The van der Waals surface area contributed by atoms with Gasteiger partial charge in [0.2, 0.25) is 0 Å². The molecule has 1 saturated carbocycles. The van der Waals surface area contributed by atoms with E-state index >= 15 is 0 Å². The van der Waals surface area contributed by atoms with Gasteiger partial charge in [0, 0.05) is 10.7 Å². The van der Waals surface area contributed by atoms with E-state index in [1.165, 1.54) is 19.3 Å². The minimum atomic E-state index is 0.319. The second-order valence-electron chi connectivity index (χ2n) is 3.85. The largest absolute Gasteiger partial charge is 0.489 e. The molecule has 2 rings (SSSR count). The van der Waals surface area contributed by atoms with E-state index in [0.29, 0.717) is 6.10 Å². The van der Waals surface area contributed by atoms with Crippen molar-refractivity contribution in [3.8, 4) is 5.75 Å². The van der Waals surface area contributed by atoms with Gasteiger partial charge in [-0.1, -0.05) is 6.42 Å². The molecule has 76 valence electrons. The van der Waals surface area contributed by atoms with E-state index < -0.39 is 0 Å². The molecule has 0 spiro atoms. The summed E-state index contributed by atoms with van der Waals surface area (Å²) < 4.78 is 6.77. The highest BCUT2D eigenvalue weighted by atomic mass is 79.9. The first-order valence-electron chi connectivity index (χ1n) is 5.03. The Labute approximate surface area is 92.8 Å². The van der Waals surface area contributed by atoms with E-state index in [9.17, 15) is 0 Å². The third-order valence-corrected chi connectivity index (χ3v) is 3.25. The molecule has 0 radical (unpaired) electrons. The number of hydrogen-bond acceptors (Lipinski definition) is 2. The third-order valence-electron chi connectivity index (χ3n) is 2.82. The lowest BCUT2D eigenvalue weighted by atomic mass is 9.82. The molecule has 1 aliphatic rings. The predicted octanol–water partition coefficient (Wildman–Crippen LogP) is 3.41. The Balaban J connectivity index is 1.95. The molecule has 1 heterocycles. The van der Waals surface area contributed by atoms with Crippen molar-refractivity contribution < 1.29 is 4.74 Å². The van der Waals surface area contributed by atoms with Crippen molar-refractivity contribution >= 4 is 15.9 Å². The molecule has 1 aliphatic carbocycles. The fourth-order valence-corrected chi connectivity index (χ4v) is 2.02. The molecule has 1 aromatic heterocycles. The summed E-state index contributed by atoms with van der Waals surface area (Å²) in [7, 11) is 0. The molecule has 0 aliphatic heterocycles. The van der Waals surface area contributed by atoms with Crippen LogP contribution in [0.5, 0.6) is 5.75 Å². The molecule has 0 amide bonds. The fourth-order valence-electron chi connectivity index (χ4n) is 1.68. The van der Waals surface area contributed by atoms with Crippen molar-refractivity contribution in [2.24, 2.45) is 5.92 Å². The predicted molar refractivity (Wildman–Crippen MR) is 59.4 cm³/mol. The summed E-state index contributed by atoms with van der Waals surface area (Å²) >= 11 is 3.38. The zero-order valence-electron chi connectivity index (χ0n) is 8.24. The molecule has 14 heavy (non-hydrogen) atoms. The van der Waals surface area contributed by atoms with Crippen molar-refractivity contribution in [2.45, 2.75) is 32.3 Å². The molecule has 0 bridgehead atoms. The molecular formula is C11H14BrNO. The molecule has 3 heteroatoms. The van der Waals surface area contributed by atoms with E-state index in [1.54, 1.807) is 12.4 Å². The van der Waals surface area contributed by atoms with Gasteiger partial charge in [-0.3, -0.25) is 4.98 Å². The van der Waals surface area contributed by atoms with Gasteiger partial charge in [-0.25, -0.2) is 0 Å². The normalized spacial score (nSPS) is 18.7. The Hall–Kier alpha value is -0.570. The van der Waals surface area contributed by atoms with Crippen LogP contribution in [-0.2, 0) is 0 Å². The zero-order valence-corrected chi connectivity index (χ0v) is 9.83. The quantitative estimate of drug-likeness (QED) is 0.826. The smallest absolute Gasteiger partial charge is 0.139 e. The lowest BCUT2D eigenvalue weighted by Crippen LogP contribution is -2.29. The molecule has 0 aromatic carbocycles. The van der Waals surface area contributed by atoms with Crippen LogP contribution >= 0.6 is 15.9 Å². The summed E-state index contributed by atoms with van der Waals surface area (Å²) in [6.45, 7) is 2.14. The topological polar surface area (TPSA) is 22.1 Å². The fraction of sp³-hybridized carbons (Fsp3) is 0.545. The van der Waals surface area contributed by atoms with Gasteiger partial charge in [-0.2, -0.15) is 0 Å². The minimum Gasteiger partial charge on any atom is -0.489 e. The highest BCUT2D eigenvalue weighted by Gasteiger charge is 2.25. The molecule has 0 saturated heterocycles. The molecular weight excluding hydrogens is 242 g/mol. The van der Waals surface area contributed by atoms with Crippen LogP contribution in [0.25, 0.3) is 0 Å². The maximum absolute atomic E-state index is 5.81. The Morgan fingerprint density at radius 2 is 2.29 bits per heavy atom. The Kier molecular flexibility index (Phi) is 3.06. The first-order valence-corrected chi connectivity index (χ1v) is 5.82. The first-order chi connectivity index (χ1) is 6.75. The van der Waals surface area contributed by atoms with E-state index in [4.69, 9.17) is 4.74 Å². The van der Waals surface area contributed by atoms with Crippen molar-refractivity contribution in [1.82, 2.24) is 4.98 Å². The highest BCUT2D eigenvalue weighted by Crippen LogP contribution is 2.31. The summed E-state index contributed by atoms with van der Waals surface area (Å²) in [4.78, 5) is 4.07. The third kappa shape index (κ3) is 2.27. The standard InChI is InChI=1S/C11H14BrNO/c1-8(9-3-2-4-9)14-11-5-10(12)6-13-7-11/h5-9H,2-4H2,1H3/t8-/m1/s1. The first kappa shape index (κ1) is 9.97. The van der Waals surface area contributed by atoms with Gasteiger partial charge in [-0.15, -0.1) is 0 Å². The molecule has 0 N–H and O–H groups in total. The van der Waals surface area contributed by atoms with Gasteiger partial charge in [-0.05, 0) is 47.7 Å². The van der Waals surface area contributed by atoms with E-state index in [2.05, 4.69) is 27.8 Å². The van der Waals surface area contributed by atoms with Crippen molar-refractivity contribution in [1.29, 1.82) is 0 Å². The summed E-state index contributed by atoms with van der Waals surface area (Å²) in [6.07, 6.45) is 7.82. The van der Waals surface area contributed by atoms with Crippen molar-refractivity contribution in [3.63, 3.8) is 0 Å². The van der Waals surface area contributed by atoms with Crippen molar-refractivity contribution in [3.05, 3.63) is 22.9 Å². The zero-order chi connectivity index (χ0) is 9.97. The van der Waals surface area contributed by atoms with Crippen LogP contribution in [-0.4, -0.2) is 11.1 Å². The van der Waals surface area contributed by atoms with E-state index in [-0.39, 0.29) is 0 Å². The van der Waals surface area contributed by atoms with Crippen LogP contribution in [0, 0.1) is 5.92 Å². The van der Waals surface area contributed by atoms with Gasteiger partial charge in [0.1, 0.15) is 5.75 Å². The van der Waals surface area contributed by atoms with E-state index in [1.807, 2.05) is 6.07 Å². The number of hydrogen-bond donors (Lipinski definition) is 0. The average Bonchev–Trinajstić information content (AvgIpc) is 1.99. The minimum absolute atomic E-state index is 0.319. The Bertz CT molecular complexity index is 312. The van der Waals surface area contributed by atoms with Crippen LogP contribution in [0.2, 0.25) is 0 Å². The number of nitrogens with zero attached hydrogens (tertiary/aromatic N) is 1. The second-order valence-corrected chi connectivity index (χ2v) is 4.77. The molecule has 1 aromatic rings. The maximum Gasteiger partial charge on any atom is 0.139 e. The number of aromatic nitrogens is 1. The van der Waals surface area contributed by atoms with Gasteiger partial charge in [0.05, 0.1) is 12.3 Å². The second kappa shape index (κ2) is 4.30. The van der Waals surface area contributed by atoms with Crippen LogP contribution in [0.3, 0.4) is 0 Å². The molecule has 2 nitrogen and oxygen atoms in total. The number of pyridine rings is 1. The van der Waals surface area contributed by atoms with Crippen LogP contribution in [0.15, 0.2) is 22.9 Å². The van der Waals surface area contributed by atoms with E-state index in [0.717, 1.165) is 16.1 Å². The van der Waals surface area contributed by atoms with Crippen LogP contribution in [0.1, 0.15) is 26.2 Å². The van der Waals surface area contributed by atoms with Gasteiger partial charge in [0.15, 0.2) is 0 Å². The lowest BCUT2D eigenvalue weighted by Gasteiger charge is -2.31. The number of ether oxygens (including phenoxy) is 1. The Morgan fingerprint density at radius 1 is 1.50 bits per heavy atom. The summed E-state index contributed by atoms with van der Waals surface area (Å²) in [5.41, 5.74) is 0. The summed E-state index contributed by atoms with van der Waals surface area (Å²) in [5.74, 6) is 1.60. The SMILES string of the molecule is C[C@@H](Oc1cncc(Br)c1)C1CCC1. The number of halogens is 1. The summed E-state index contributed by atoms with van der Waals surface area (Å²) in [5, 5.41) is 0. The lowest BCUT2D eigenvalue weighted by molar-refractivity contribution is 0.0985. The van der Waals surface area contributed by atoms with Crippen molar-refractivity contribution in [2.75, 3.05) is 0 Å². The molecule has 0 unspecified atom stereocenters. The summed E-state index contributed by atoms with van der Waals surface area (Å²) in [6, 6.07) is 1.96.